The molecule has 0 bridgehead atoms. The van der Waals surface area contributed by atoms with E-state index in [0.717, 1.165) is 0 Å². The van der Waals surface area contributed by atoms with Crippen LogP contribution in [0.15, 0.2) is 35.1 Å². The largest absolute Gasteiger partial charge is 0.351 e. The summed E-state index contributed by atoms with van der Waals surface area (Å²) in [6, 6.07) is 4.66. The molecule has 0 fully saturated rings. The molecule has 0 radical (unpaired) electrons. The Morgan fingerprint density at radius 2 is 2.06 bits per heavy atom. The molecular formula is C11H10N4O3. The summed E-state index contributed by atoms with van der Waals surface area (Å²) in [6.07, 6.45) is 2.94. The number of carbonyl (C=O) groups excluding carboxylic acids is 2. The second-order valence-corrected chi connectivity index (χ2v) is 3.48. The lowest BCUT2D eigenvalue weighted by Gasteiger charge is -2.04. The minimum absolute atomic E-state index is 0.0268. The molecule has 0 aliphatic carbocycles. The molecule has 2 heterocycles. The van der Waals surface area contributed by atoms with Gasteiger partial charge in [-0.1, -0.05) is 5.16 Å². The van der Waals surface area contributed by atoms with Crippen LogP contribution in [-0.2, 0) is 0 Å². The van der Waals surface area contributed by atoms with Crippen LogP contribution in [0.2, 0.25) is 0 Å². The quantitative estimate of drug-likeness (QED) is 0.750. The van der Waals surface area contributed by atoms with Gasteiger partial charge in [0.25, 0.3) is 5.91 Å². The molecule has 2 rings (SSSR count). The number of aromatic nitrogens is 2. The van der Waals surface area contributed by atoms with Crippen LogP contribution in [-0.4, -0.2) is 22.0 Å². The van der Waals surface area contributed by atoms with Gasteiger partial charge in [0.15, 0.2) is 0 Å². The van der Waals surface area contributed by atoms with Crippen molar-refractivity contribution >= 4 is 11.8 Å². The average molecular weight is 246 g/mol. The van der Waals surface area contributed by atoms with Crippen molar-refractivity contribution in [1.29, 1.82) is 0 Å². The van der Waals surface area contributed by atoms with Gasteiger partial charge in [-0.05, 0) is 19.1 Å². The topological polar surface area (TPSA) is 97.1 Å². The van der Waals surface area contributed by atoms with Crippen LogP contribution >= 0.6 is 0 Å². The van der Waals surface area contributed by atoms with Gasteiger partial charge in [-0.3, -0.25) is 25.4 Å². The van der Waals surface area contributed by atoms with Crippen LogP contribution in [0.4, 0.5) is 0 Å². The van der Waals surface area contributed by atoms with Crippen LogP contribution < -0.4 is 10.9 Å². The third kappa shape index (κ3) is 2.70. The van der Waals surface area contributed by atoms with Gasteiger partial charge in [0.1, 0.15) is 0 Å². The molecule has 92 valence electrons. The SMILES string of the molecule is Cc1cc(C(=O)NNC(=O)c2cccnc2)on1. The number of aryl methyl sites for hydroxylation is 1. The maximum Gasteiger partial charge on any atom is 0.308 e. The fourth-order valence-corrected chi connectivity index (χ4v) is 1.21. The molecule has 0 aliphatic rings. The Balaban J connectivity index is 1.92. The summed E-state index contributed by atoms with van der Waals surface area (Å²) in [5.41, 5.74) is 5.37. The summed E-state index contributed by atoms with van der Waals surface area (Å²) in [4.78, 5) is 26.9. The Morgan fingerprint density at radius 1 is 1.28 bits per heavy atom. The van der Waals surface area contributed by atoms with Crippen LogP contribution in [0.25, 0.3) is 0 Å². The van der Waals surface area contributed by atoms with Crippen molar-refractivity contribution in [3.05, 3.63) is 47.6 Å². The van der Waals surface area contributed by atoms with Crippen molar-refractivity contribution in [2.24, 2.45) is 0 Å². The van der Waals surface area contributed by atoms with Crippen LogP contribution in [0.5, 0.6) is 0 Å². The molecule has 2 amide bonds. The van der Waals surface area contributed by atoms with Crippen molar-refractivity contribution in [3.8, 4) is 0 Å². The first-order valence-corrected chi connectivity index (χ1v) is 5.11. The maximum absolute atomic E-state index is 11.6. The Labute approximate surface area is 102 Å². The van der Waals surface area contributed by atoms with E-state index in [1.54, 1.807) is 25.3 Å². The smallest absolute Gasteiger partial charge is 0.308 e. The third-order valence-electron chi connectivity index (χ3n) is 2.07. The minimum Gasteiger partial charge on any atom is -0.351 e. The van der Waals surface area contributed by atoms with E-state index in [1.807, 2.05) is 0 Å². The zero-order chi connectivity index (χ0) is 13.0. The highest BCUT2D eigenvalue weighted by molar-refractivity contribution is 5.97. The second-order valence-electron chi connectivity index (χ2n) is 3.48. The van der Waals surface area contributed by atoms with E-state index in [2.05, 4.69) is 21.0 Å². The van der Waals surface area contributed by atoms with Gasteiger partial charge in [0, 0.05) is 18.5 Å². The Kier molecular flexibility index (Phi) is 3.33. The molecule has 0 atom stereocenters. The summed E-state index contributed by atoms with van der Waals surface area (Å²) in [5.74, 6) is -1.01. The zero-order valence-corrected chi connectivity index (χ0v) is 9.51. The number of pyridine rings is 1. The first-order valence-electron chi connectivity index (χ1n) is 5.11. The van der Waals surface area contributed by atoms with E-state index in [0.29, 0.717) is 11.3 Å². The summed E-state index contributed by atoms with van der Waals surface area (Å²) in [6.45, 7) is 1.69. The maximum atomic E-state index is 11.6. The summed E-state index contributed by atoms with van der Waals surface area (Å²) in [5, 5.41) is 3.56. The molecule has 2 N–H and O–H groups in total. The van der Waals surface area contributed by atoms with Gasteiger partial charge >= 0.3 is 5.91 Å². The highest BCUT2D eigenvalue weighted by Gasteiger charge is 2.12. The molecule has 18 heavy (non-hydrogen) atoms. The van der Waals surface area contributed by atoms with Crippen LogP contribution in [0, 0.1) is 6.92 Å². The monoisotopic (exact) mass is 246 g/mol. The predicted octanol–water partition coefficient (Wildman–Crippen LogP) is 0.453. The summed E-state index contributed by atoms with van der Waals surface area (Å²) >= 11 is 0. The first kappa shape index (κ1) is 11.8. The number of hydrazine groups is 1. The number of rotatable bonds is 2. The van der Waals surface area contributed by atoms with E-state index in [4.69, 9.17) is 4.52 Å². The van der Waals surface area contributed by atoms with Crippen LogP contribution in [0.1, 0.15) is 26.6 Å². The Bertz CT molecular complexity index is 565. The fraction of sp³-hybridized carbons (Fsp3) is 0.0909. The van der Waals surface area contributed by atoms with Gasteiger partial charge in [-0.15, -0.1) is 0 Å². The average Bonchev–Trinajstić information content (AvgIpc) is 2.83. The molecule has 2 aromatic heterocycles. The highest BCUT2D eigenvalue weighted by Crippen LogP contribution is 2.01. The lowest BCUT2D eigenvalue weighted by atomic mass is 10.3. The molecule has 0 saturated heterocycles. The molecule has 0 unspecified atom stereocenters. The van der Waals surface area contributed by atoms with E-state index in [1.165, 1.54) is 12.3 Å². The van der Waals surface area contributed by atoms with Crippen LogP contribution in [0.3, 0.4) is 0 Å². The lowest BCUT2D eigenvalue weighted by molar-refractivity contribution is 0.0825. The van der Waals surface area contributed by atoms with E-state index in [9.17, 15) is 9.59 Å². The molecule has 2 aromatic rings. The second kappa shape index (κ2) is 5.09. The fourth-order valence-electron chi connectivity index (χ4n) is 1.21. The van der Waals surface area contributed by atoms with Gasteiger partial charge in [0.05, 0.1) is 11.3 Å². The zero-order valence-electron chi connectivity index (χ0n) is 9.51. The van der Waals surface area contributed by atoms with Gasteiger partial charge in [-0.25, -0.2) is 0 Å². The van der Waals surface area contributed by atoms with Gasteiger partial charge < -0.3 is 4.52 Å². The molecule has 7 nitrogen and oxygen atoms in total. The normalized spacial score (nSPS) is 9.83. The Hall–Kier alpha value is -2.70. The van der Waals surface area contributed by atoms with E-state index in [-0.39, 0.29) is 5.76 Å². The minimum atomic E-state index is -0.576. The molecule has 0 aliphatic heterocycles. The number of hydrogen-bond acceptors (Lipinski definition) is 5. The van der Waals surface area contributed by atoms with E-state index >= 15 is 0 Å². The third-order valence-corrected chi connectivity index (χ3v) is 2.07. The van der Waals surface area contributed by atoms with Crippen molar-refractivity contribution in [2.75, 3.05) is 0 Å². The van der Waals surface area contributed by atoms with E-state index < -0.39 is 11.8 Å². The van der Waals surface area contributed by atoms with Crippen molar-refractivity contribution in [2.45, 2.75) is 6.92 Å². The lowest BCUT2D eigenvalue weighted by Crippen LogP contribution is -2.41. The molecule has 0 saturated carbocycles. The highest BCUT2D eigenvalue weighted by atomic mass is 16.5. The number of amides is 2. The Morgan fingerprint density at radius 3 is 2.67 bits per heavy atom. The number of nitrogens with one attached hydrogen (secondary N) is 2. The molecule has 0 spiro atoms. The number of carbonyl (C=O) groups is 2. The first-order chi connectivity index (χ1) is 8.66. The summed E-state index contributed by atoms with van der Waals surface area (Å²) < 4.78 is 4.74. The standard InChI is InChI=1S/C11H10N4O3/c1-7-5-9(18-15-7)11(17)14-13-10(16)8-3-2-4-12-6-8/h2-6H,1H3,(H,13,16)(H,14,17). The van der Waals surface area contributed by atoms with Crippen molar-refractivity contribution in [3.63, 3.8) is 0 Å². The van der Waals surface area contributed by atoms with Gasteiger partial charge in [-0.2, -0.15) is 0 Å². The van der Waals surface area contributed by atoms with Gasteiger partial charge in [0.2, 0.25) is 5.76 Å². The van der Waals surface area contributed by atoms with Crippen molar-refractivity contribution < 1.29 is 14.1 Å². The molecular weight excluding hydrogens is 236 g/mol. The molecule has 0 aromatic carbocycles. The number of hydrogen-bond donors (Lipinski definition) is 2. The van der Waals surface area contributed by atoms with Crippen molar-refractivity contribution in [1.82, 2.24) is 21.0 Å². The molecule has 7 heteroatoms. The summed E-state index contributed by atoms with van der Waals surface area (Å²) in [7, 11) is 0. The predicted molar refractivity (Wildman–Crippen MR) is 60.4 cm³/mol. The number of nitrogens with zero attached hydrogens (tertiary/aromatic N) is 2.